The smallest absolute Gasteiger partial charge is 0.0858 e. The first kappa shape index (κ1) is 15.1. The molecule has 5 heteroatoms. The van der Waals surface area contributed by atoms with E-state index in [-0.39, 0.29) is 12.1 Å². The number of morpholine rings is 1. The molecule has 1 aliphatic heterocycles. The van der Waals surface area contributed by atoms with Crippen molar-refractivity contribution in [1.82, 2.24) is 10.2 Å². The number of rotatable bonds is 4. The minimum absolute atomic E-state index is 0.207. The second kappa shape index (κ2) is 6.91. The minimum atomic E-state index is 0.207. The lowest BCUT2D eigenvalue weighted by atomic mass is 10.0. The van der Waals surface area contributed by atoms with Crippen LogP contribution in [0.5, 0.6) is 0 Å². The maximum atomic E-state index is 6.06. The number of nitrogens with zero attached hydrogens (tertiary/aromatic N) is 1. The Morgan fingerprint density at radius 3 is 2.84 bits per heavy atom. The van der Waals surface area contributed by atoms with Crippen molar-refractivity contribution in [2.75, 3.05) is 33.8 Å². The summed E-state index contributed by atoms with van der Waals surface area (Å²) in [4.78, 5) is 2.30. The van der Waals surface area contributed by atoms with E-state index in [0.717, 1.165) is 26.1 Å². The monoisotopic (exact) mass is 302 g/mol. The number of benzene rings is 1. The van der Waals surface area contributed by atoms with Crippen LogP contribution in [0.1, 0.15) is 5.56 Å². The van der Waals surface area contributed by atoms with Crippen LogP contribution in [0.25, 0.3) is 0 Å². The number of ether oxygens (including phenoxy) is 1. The maximum Gasteiger partial charge on any atom is 0.0858 e. The van der Waals surface area contributed by atoms with Crippen LogP contribution in [-0.4, -0.2) is 50.8 Å². The van der Waals surface area contributed by atoms with E-state index >= 15 is 0 Å². The van der Waals surface area contributed by atoms with E-state index in [1.165, 1.54) is 5.56 Å². The zero-order valence-electron chi connectivity index (χ0n) is 11.3. The fraction of sp³-hybridized carbons (Fsp3) is 0.571. The second-order valence-corrected chi connectivity index (χ2v) is 5.83. The average molecular weight is 303 g/mol. The lowest BCUT2D eigenvalue weighted by Gasteiger charge is -2.35. The summed E-state index contributed by atoms with van der Waals surface area (Å²) in [6, 6.07) is 6.08. The van der Waals surface area contributed by atoms with Gasteiger partial charge in [0.1, 0.15) is 0 Å². The normalized spacial score (nSPS) is 22.4. The van der Waals surface area contributed by atoms with Gasteiger partial charge in [0.25, 0.3) is 0 Å². The lowest BCUT2D eigenvalue weighted by Crippen LogP contribution is -2.51. The predicted octanol–water partition coefficient (Wildman–Crippen LogP) is 2.45. The molecule has 2 rings (SSSR count). The molecule has 1 saturated heterocycles. The Balaban J connectivity index is 2.03. The number of likely N-dealkylation sites (N-methyl/N-ethyl adjacent to an activating group) is 2. The first-order chi connectivity index (χ1) is 9.10. The minimum Gasteiger partial charge on any atom is -0.374 e. The van der Waals surface area contributed by atoms with Gasteiger partial charge in [-0.15, -0.1) is 0 Å². The van der Waals surface area contributed by atoms with Crippen molar-refractivity contribution in [3.8, 4) is 0 Å². The van der Waals surface area contributed by atoms with Crippen LogP contribution >= 0.6 is 23.2 Å². The van der Waals surface area contributed by atoms with Crippen LogP contribution in [0.2, 0.25) is 10.0 Å². The summed E-state index contributed by atoms with van der Waals surface area (Å²) >= 11 is 12.0. The Morgan fingerprint density at radius 2 is 2.21 bits per heavy atom. The molecule has 0 amide bonds. The molecule has 0 saturated carbocycles. The van der Waals surface area contributed by atoms with E-state index in [0.29, 0.717) is 10.0 Å². The van der Waals surface area contributed by atoms with Crippen LogP contribution in [0.3, 0.4) is 0 Å². The molecule has 1 aliphatic rings. The van der Waals surface area contributed by atoms with Gasteiger partial charge in [0, 0.05) is 19.1 Å². The molecule has 0 aliphatic carbocycles. The molecule has 1 N–H and O–H groups in total. The number of hydrogen-bond donors (Lipinski definition) is 1. The fourth-order valence-electron chi connectivity index (χ4n) is 2.39. The second-order valence-electron chi connectivity index (χ2n) is 5.02. The van der Waals surface area contributed by atoms with E-state index in [9.17, 15) is 0 Å². The van der Waals surface area contributed by atoms with Crippen LogP contribution in [0.4, 0.5) is 0 Å². The molecule has 0 radical (unpaired) electrons. The summed E-state index contributed by atoms with van der Waals surface area (Å²) in [7, 11) is 4.10. The highest BCUT2D eigenvalue weighted by molar-refractivity contribution is 6.42. The fourth-order valence-corrected chi connectivity index (χ4v) is 2.72. The third-order valence-electron chi connectivity index (χ3n) is 3.56. The SMILES string of the molecule is CNC(Cc1ccc(Cl)c(Cl)c1)C1CN(C)CCO1. The zero-order chi connectivity index (χ0) is 13.8. The number of halogens is 2. The molecule has 1 heterocycles. The van der Waals surface area contributed by atoms with Gasteiger partial charge in [-0.05, 0) is 38.2 Å². The van der Waals surface area contributed by atoms with Crippen molar-refractivity contribution in [3.63, 3.8) is 0 Å². The summed E-state index contributed by atoms with van der Waals surface area (Å²) in [6.07, 6.45) is 1.09. The third kappa shape index (κ3) is 4.07. The van der Waals surface area contributed by atoms with E-state index in [1.807, 2.05) is 25.2 Å². The van der Waals surface area contributed by atoms with E-state index in [1.54, 1.807) is 0 Å². The molecule has 19 heavy (non-hydrogen) atoms. The molecule has 3 nitrogen and oxygen atoms in total. The van der Waals surface area contributed by atoms with Gasteiger partial charge >= 0.3 is 0 Å². The Kier molecular flexibility index (Phi) is 5.48. The molecule has 0 spiro atoms. The third-order valence-corrected chi connectivity index (χ3v) is 4.29. The Bertz CT molecular complexity index is 428. The quantitative estimate of drug-likeness (QED) is 0.925. The summed E-state index contributed by atoms with van der Waals surface area (Å²) in [5.41, 5.74) is 1.17. The Hall–Kier alpha value is -0.320. The van der Waals surface area contributed by atoms with Crippen molar-refractivity contribution in [1.29, 1.82) is 0 Å². The molecular formula is C14H20Cl2N2O. The highest BCUT2D eigenvalue weighted by atomic mass is 35.5. The van der Waals surface area contributed by atoms with Gasteiger partial charge in [-0.1, -0.05) is 29.3 Å². The zero-order valence-corrected chi connectivity index (χ0v) is 12.8. The molecule has 1 aromatic rings. The van der Waals surface area contributed by atoms with Crippen molar-refractivity contribution >= 4 is 23.2 Å². The van der Waals surface area contributed by atoms with Crippen LogP contribution in [0, 0.1) is 0 Å². The average Bonchev–Trinajstić information content (AvgIpc) is 2.40. The summed E-state index contributed by atoms with van der Waals surface area (Å²) in [5.74, 6) is 0. The lowest BCUT2D eigenvalue weighted by molar-refractivity contribution is -0.0372. The Morgan fingerprint density at radius 1 is 1.42 bits per heavy atom. The molecule has 2 unspecified atom stereocenters. The van der Waals surface area contributed by atoms with E-state index < -0.39 is 0 Å². The molecule has 1 aromatic carbocycles. The van der Waals surface area contributed by atoms with Crippen molar-refractivity contribution in [2.45, 2.75) is 18.6 Å². The molecule has 0 aromatic heterocycles. The molecule has 106 valence electrons. The maximum absolute atomic E-state index is 6.06. The first-order valence-electron chi connectivity index (χ1n) is 6.51. The van der Waals surface area contributed by atoms with Crippen LogP contribution in [-0.2, 0) is 11.2 Å². The van der Waals surface area contributed by atoms with E-state index in [2.05, 4.69) is 17.3 Å². The van der Waals surface area contributed by atoms with Gasteiger partial charge in [-0.2, -0.15) is 0 Å². The molecule has 2 atom stereocenters. The van der Waals surface area contributed by atoms with Crippen molar-refractivity contribution in [3.05, 3.63) is 33.8 Å². The largest absolute Gasteiger partial charge is 0.374 e. The molecule has 1 fully saturated rings. The highest BCUT2D eigenvalue weighted by Crippen LogP contribution is 2.24. The molecule has 0 bridgehead atoms. The summed E-state index contributed by atoms with van der Waals surface area (Å²) in [5, 5.41) is 4.55. The van der Waals surface area contributed by atoms with Gasteiger partial charge in [0.05, 0.1) is 22.8 Å². The van der Waals surface area contributed by atoms with Gasteiger partial charge in [-0.25, -0.2) is 0 Å². The van der Waals surface area contributed by atoms with Crippen molar-refractivity contribution in [2.24, 2.45) is 0 Å². The van der Waals surface area contributed by atoms with Gasteiger partial charge in [0.2, 0.25) is 0 Å². The summed E-state index contributed by atoms with van der Waals surface area (Å²) < 4.78 is 5.86. The summed E-state index contributed by atoms with van der Waals surface area (Å²) in [6.45, 7) is 2.74. The number of hydrogen-bond acceptors (Lipinski definition) is 3. The Labute approximate surface area is 124 Å². The number of nitrogens with one attached hydrogen (secondary N) is 1. The van der Waals surface area contributed by atoms with E-state index in [4.69, 9.17) is 27.9 Å². The topological polar surface area (TPSA) is 24.5 Å². The van der Waals surface area contributed by atoms with Crippen LogP contribution in [0.15, 0.2) is 18.2 Å². The van der Waals surface area contributed by atoms with Gasteiger partial charge in [-0.3, -0.25) is 0 Å². The van der Waals surface area contributed by atoms with Gasteiger partial charge < -0.3 is 15.0 Å². The van der Waals surface area contributed by atoms with Crippen molar-refractivity contribution < 1.29 is 4.74 Å². The predicted molar refractivity (Wildman–Crippen MR) is 80.3 cm³/mol. The standard InChI is InChI=1S/C14H20Cl2N2O/c1-17-13(14-9-18(2)5-6-19-14)8-10-3-4-11(15)12(16)7-10/h3-4,7,13-14,17H,5-6,8-9H2,1-2H3. The van der Waals surface area contributed by atoms with Gasteiger partial charge in [0.15, 0.2) is 0 Å². The highest BCUT2D eigenvalue weighted by Gasteiger charge is 2.25. The van der Waals surface area contributed by atoms with Crippen LogP contribution < -0.4 is 5.32 Å². The first-order valence-corrected chi connectivity index (χ1v) is 7.27. The molecular weight excluding hydrogens is 283 g/mol.